The van der Waals surface area contributed by atoms with Gasteiger partial charge in [0.25, 0.3) is 5.91 Å². The van der Waals surface area contributed by atoms with Gasteiger partial charge in [-0.15, -0.1) is 0 Å². The van der Waals surface area contributed by atoms with Gasteiger partial charge in [-0.1, -0.05) is 0 Å². The van der Waals surface area contributed by atoms with Gasteiger partial charge in [0.1, 0.15) is 11.9 Å². The van der Waals surface area contributed by atoms with Crippen LogP contribution in [0.4, 0.5) is 10.6 Å². The summed E-state index contributed by atoms with van der Waals surface area (Å²) in [6, 6.07) is 5.80. The molecule has 0 unspecified atom stereocenters. The molecule has 154 valence electrons. The molecule has 0 saturated heterocycles. The zero-order valence-corrected chi connectivity index (χ0v) is 16.3. The van der Waals surface area contributed by atoms with Gasteiger partial charge in [-0.2, -0.15) is 5.10 Å². The molecule has 1 saturated carbocycles. The Labute approximate surface area is 167 Å². The molecule has 9 nitrogen and oxygen atoms in total. The second-order valence-corrected chi connectivity index (χ2v) is 7.39. The fraction of sp³-hybridized carbons (Fsp3) is 0.400. The van der Waals surface area contributed by atoms with Crippen LogP contribution < -0.4 is 10.6 Å². The van der Waals surface area contributed by atoms with Crippen LogP contribution in [-0.4, -0.2) is 45.7 Å². The van der Waals surface area contributed by atoms with Gasteiger partial charge in [-0.3, -0.25) is 14.7 Å². The van der Waals surface area contributed by atoms with Crippen molar-refractivity contribution in [3.63, 3.8) is 0 Å². The summed E-state index contributed by atoms with van der Waals surface area (Å²) >= 11 is 0. The van der Waals surface area contributed by atoms with E-state index in [0.29, 0.717) is 18.5 Å². The molecule has 1 heterocycles. The Hall–Kier alpha value is -3.36. The molecule has 2 amide bonds. The van der Waals surface area contributed by atoms with E-state index in [2.05, 4.69) is 20.8 Å². The first-order chi connectivity index (χ1) is 13.9. The smallest absolute Gasteiger partial charge is 0.407 e. The van der Waals surface area contributed by atoms with Gasteiger partial charge >= 0.3 is 6.09 Å². The minimum Gasteiger partial charge on any atom is -0.507 e. The molecular weight excluding hydrogens is 376 g/mol. The van der Waals surface area contributed by atoms with E-state index >= 15 is 0 Å². The molecule has 1 fully saturated rings. The number of hydrogen-bond donors (Lipinski definition) is 4. The lowest BCUT2D eigenvalue weighted by molar-refractivity contribution is 0.0979. The van der Waals surface area contributed by atoms with Gasteiger partial charge in [-0.05, 0) is 51.3 Å². The summed E-state index contributed by atoms with van der Waals surface area (Å²) in [7, 11) is 0. The number of H-pyrrole nitrogens is 1. The molecule has 0 spiro atoms. The highest BCUT2D eigenvalue weighted by molar-refractivity contribution is 6.04. The molecule has 0 radical (unpaired) electrons. The molecule has 3 rings (SSSR count). The van der Waals surface area contributed by atoms with Gasteiger partial charge in [0.15, 0.2) is 12.1 Å². The lowest BCUT2D eigenvalue weighted by Gasteiger charge is -2.14. The third kappa shape index (κ3) is 5.13. The number of rotatable bonds is 6. The minimum absolute atomic E-state index is 0.0228. The van der Waals surface area contributed by atoms with E-state index in [-0.39, 0.29) is 34.9 Å². The number of aromatic amines is 1. The van der Waals surface area contributed by atoms with Crippen LogP contribution in [0.3, 0.4) is 0 Å². The zero-order valence-electron chi connectivity index (χ0n) is 16.3. The fourth-order valence-corrected chi connectivity index (χ4v) is 3.34. The highest BCUT2D eigenvalue weighted by Gasteiger charge is 2.30. The Bertz CT molecular complexity index is 908. The summed E-state index contributed by atoms with van der Waals surface area (Å²) in [6.45, 7) is 3.74. The van der Waals surface area contributed by atoms with Crippen LogP contribution in [0.15, 0.2) is 24.3 Å². The van der Waals surface area contributed by atoms with E-state index in [0.717, 1.165) is 18.5 Å². The Morgan fingerprint density at radius 3 is 2.83 bits per heavy atom. The standard InChI is InChI=1S/C20H24N4O5/c1-11(2)21-20(28)29-15-5-3-12(8-15)16-9-18(24-23-16)22-19(27)13-4-6-17(26)14(7-13)10-25/h4,6-7,9-12,15,26H,3,5,8H2,1-2H3,(H,21,28)(H2,22,23,24,27)/t12-,15+/m0/s1. The van der Waals surface area contributed by atoms with Crippen molar-refractivity contribution in [2.45, 2.75) is 51.2 Å². The minimum atomic E-state index is -0.441. The number of nitrogens with one attached hydrogen (secondary N) is 3. The van der Waals surface area contributed by atoms with E-state index in [1.807, 2.05) is 13.8 Å². The lowest BCUT2D eigenvalue weighted by Crippen LogP contribution is -2.33. The molecule has 1 aliphatic carbocycles. The average molecular weight is 400 g/mol. The third-order valence-corrected chi connectivity index (χ3v) is 4.76. The Balaban J connectivity index is 1.58. The largest absolute Gasteiger partial charge is 0.507 e. The number of phenolic OH excluding ortho intramolecular Hbond substituents is 1. The second kappa shape index (κ2) is 8.76. The fourth-order valence-electron chi connectivity index (χ4n) is 3.34. The molecule has 1 aromatic carbocycles. The molecule has 1 aromatic heterocycles. The number of nitrogens with zero attached hydrogens (tertiary/aromatic N) is 1. The molecule has 4 N–H and O–H groups in total. The number of hydrogen-bond acceptors (Lipinski definition) is 6. The molecule has 9 heteroatoms. The summed E-state index contributed by atoms with van der Waals surface area (Å²) in [6.07, 6.45) is 2.21. The number of aldehydes is 1. The predicted octanol–water partition coefficient (Wildman–Crippen LogP) is 2.95. The second-order valence-electron chi connectivity index (χ2n) is 7.39. The highest BCUT2D eigenvalue weighted by Crippen LogP contribution is 2.35. The normalized spacial score (nSPS) is 18.4. The van der Waals surface area contributed by atoms with Crippen LogP contribution in [0, 0.1) is 0 Å². The number of carbonyl (C=O) groups excluding carboxylic acids is 3. The van der Waals surface area contributed by atoms with E-state index in [9.17, 15) is 19.5 Å². The molecule has 2 atom stereocenters. The number of amides is 2. The van der Waals surface area contributed by atoms with Crippen molar-refractivity contribution < 1.29 is 24.2 Å². The van der Waals surface area contributed by atoms with Crippen LogP contribution in [0.5, 0.6) is 5.75 Å². The van der Waals surface area contributed by atoms with Gasteiger partial charge in [-0.25, -0.2) is 4.79 Å². The molecule has 29 heavy (non-hydrogen) atoms. The number of aromatic hydroxyl groups is 1. The van der Waals surface area contributed by atoms with Crippen LogP contribution in [0.2, 0.25) is 0 Å². The topological polar surface area (TPSA) is 133 Å². The molecule has 0 bridgehead atoms. The molecular formula is C20H24N4O5. The Kier molecular flexibility index (Phi) is 6.16. The number of aromatic nitrogens is 2. The van der Waals surface area contributed by atoms with Crippen molar-refractivity contribution in [2.75, 3.05) is 5.32 Å². The van der Waals surface area contributed by atoms with Crippen molar-refractivity contribution in [1.29, 1.82) is 0 Å². The number of ether oxygens (including phenoxy) is 1. The summed E-state index contributed by atoms with van der Waals surface area (Å²) in [5.74, 6) is -0.115. The van der Waals surface area contributed by atoms with E-state index in [4.69, 9.17) is 4.74 Å². The van der Waals surface area contributed by atoms with Crippen LogP contribution in [0.25, 0.3) is 0 Å². The molecule has 2 aromatic rings. The number of benzene rings is 1. The average Bonchev–Trinajstić information content (AvgIpc) is 3.30. The number of alkyl carbamates (subject to hydrolysis) is 1. The number of carbonyl (C=O) groups is 3. The van der Waals surface area contributed by atoms with Crippen molar-refractivity contribution in [3.8, 4) is 5.75 Å². The zero-order chi connectivity index (χ0) is 21.0. The number of anilines is 1. The van der Waals surface area contributed by atoms with Crippen LogP contribution in [-0.2, 0) is 4.74 Å². The van der Waals surface area contributed by atoms with E-state index in [1.54, 1.807) is 6.07 Å². The maximum Gasteiger partial charge on any atom is 0.407 e. The third-order valence-electron chi connectivity index (χ3n) is 4.76. The molecule has 0 aliphatic heterocycles. The first kappa shape index (κ1) is 20.4. The summed E-state index contributed by atoms with van der Waals surface area (Å²) in [5.41, 5.74) is 1.13. The van der Waals surface area contributed by atoms with Crippen molar-refractivity contribution in [3.05, 3.63) is 41.1 Å². The summed E-state index contributed by atoms with van der Waals surface area (Å²) in [4.78, 5) is 35.0. The maximum atomic E-state index is 12.4. The Morgan fingerprint density at radius 1 is 1.31 bits per heavy atom. The van der Waals surface area contributed by atoms with E-state index in [1.165, 1.54) is 18.2 Å². The quantitative estimate of drug-likeness (QED) is 0.551. The SMILES string of the molecule is CC(C)NC(=O)O[C@@H]1CC[C@H](c2cc(NC(=O)c3ccc(O)c(C=O)c3)n[nH]2)C1. The van der Waals surface area contributed by atoms with Crippen molar-refractivity contribution in [1.82, 2.24) is 15.5 Å². The predicted molar refractivity (Wildman–Crippen MR) is 105 cm³/mol. The Morgan fingerprint density at radius 2 is 2.10 bits per heavy atom. The van der Waals surface area contributed by atoms with Crippen molar-refractivity contribution >= 4 is 24.1 Å². The van der Waals surface area contributed by atoms with Gasteiger partial charge < -0.3 is 20.5 Å². The van der Waals surface area contributed by atoms with Gasteiger partial charge in [0.05, 0.1) is 5.56 Å². The van der Waals surface area contributed by atoms with Crippen LogP contribution >= 0.6 is 0 Å². The summed E-state index contributed by atoms with van der Waals surface area (Å²) in [5, 5.41) is 21.9. The van der Waals surface area contributed by atoms with Crippen molar-refractivity contribution in [2.24, 2.45) is 0 Å². The number of phenols is 1. The highest BCUT2D eigenvalue weighted by atomic mass is 16.6. The monoisotopic (exact) mass is 400 g/mol. The van der Waals surface area contributed by atoms with Gasteiger partial charge in [0.2, 0.25) is 0 Å². The van der Waals surface area contributed by atoms with Gasteiger partial charge in [0, 0.05) is 29.3 Å². The first-order valence-electron chi connectivity index (χ1n) is 9.47. The maximum absolute atomic E-state index is 12.4. The first-order valence-corrected chi connectivity index (χ1v) is 9.47. The lowest BCUT2D eigenvalue weighted by atomic mass is 10.0. The molecule has 1 aliphatic rings. The summed E-state index contributed by atoms with van der Waals surface area (Å²) < 4.78 is 5.43. The van der Waals surface area contributed by atoms with E-state index < -0.39 is 12.0 Å². The van der Waals surface area contributed by atoms with Crippen LogP contribution in [0.1, 0.15) is 65.4 Å².